The van der Waals surface area contributed by atoms with Gasteiger partial charge in [0.15, 0.2) is 0 Å². The summed E-state index contributed by atoms with van der Waals surface area (Å²) in [6, 6.07) is 6.76. The Morgan fingerprint density at radius 1 is 1.09 bits per heavy atom. The van der Waals surface area contributed by atoms with Crippen molar-refractivity contribution in [2.75, 3.05) is 33.9 Å². The Hall–Kier alpha value is -0.970. The molecule has 1 saturated carbocycles. The Bertz CT molecular complexity index is 486. The zero-order valence-electron chi connectivity index (χ0n) is 14.2. The molecule has 5 heteroatoms. The van der Waals surface area contributed by atoms with Crippen LogP contribution < -0.4 is 14.8 Å². The van der Waals surface area contributed by atoms with Gasteiger partial charge in [0.05, 0.1) is 14.2 Å². The molecule has 4 nitrogen and oxygen atoms in total. The summed E-state index contributed by atoms with van der Waals surface area (Å²) < 4.78 is 10.8. The summed E-state index contributed by atoms with van der Waals surface area (Å²) in [5, 5.41) is 3.74. The van der Waals surface area contributed by atoms with E-state index >= 15 is 0 Å². The van der Waals surface area contributed by atoms with Gasteiger partial charge in [-0.05, 0) is 69.4 Å². The minimum atomic E-state index is 0. The second-order valence-electron chi connectivity index (χ2n) is 6.58. The quantitative estimate of drug-likeness (QED) is 0.827. The molecule has 3 rings (SSSR count). The van der Waals surface area contributed by atoms with Crippen LogP contribution in [0.15, 0.2) is 18.2 Å². The van der Waals surface area contributed by atoms with Crippen LogP contribution in [-0.4, -0.2) is 44.8 Å². The molecule has 0 amide bonds. The third-order valence-electron chi connectivity index (χ3n) is 4.86. The summed E-state index contributed by atoms with van der Waals surface area (Å²) in [6.45, 7) is 4.48. The second kappa shape index (κ2) is 8.76. The first-order valence-corrected chi connectivity index (χ1v) is 8.45. The standard InChI is InChI=1S/C18H28N2O2.ClH/c1-21-17-5-6-18(22-2)15(11-17)13-20-9-7-16(8-10-20)19-12-14-3-4-14;/h5-6,11,14,16,19H,3-4,7-10,12-13H2,1-2H3;1H. The lowest BCUT2D eigenvalue weighted by Crippen LogP contribution is -2.42. The van der Waals surface area contributed by atoms with Crippen LogP contribution in [0.4, 0.5) is 0 Å². The minimum absolute atomic E-state index is 0. The van der Waals surface area contributed by atoms with Gasteiger partial charge in [-0.25, -0.2) is 0 Å². The summed E-state index contributed by atoms with van der Waals surface area (Å²) in [6.07, 6.45) is 5.36. The van der Waals surface area contributed by atoms with E-state index in [4.69, 9.17) is 9.47 Å². The van der Waals surface area contributed by atoms with Crippen molar-refractivity contribution >= 4 is 12.4 Å². The second-order valence-corrected chi connectivity index (χ2v) is 6.58. The van der Waals surface area contributed by atoms with Crippen molar-refractivity contribution in [2.45, 2.75) is 38.3 Å². The molecule has 0 aromatic heterocycles. The van der Waals surface area contributed by atoms with Gasteiger partial charge in [-0.1, -0.05) is 0 Å². The van der Waals surface area contributed by atoms with Crippen LogP contribution in [0, 0.1) is 5.92 Å². The molecular formula is C18H29ClN2O2. The van der Waals surface area contributed by atoms with E-state index in [1.807, 2.05) is 12.1 Å². The molecule has 0 radical (unpaired) electrons. The fourth-order valence-electron chi connectivity index (χ4n) is 3.20. The monoisotopic (exact) mass is 340 g/mol. The van der Waals surface area contributed by atoms with Crippen molar-refractivity contribution in [1.82, 2.24) is 10.2 Å². The summed E-state index contributed by atoms with van der Waals surface area (Å²) >= 11 is 0. The first-order valence-electron chi connectivity index (χ1n) is 8.45. The molecule has 1 aliphatic heterocycles. The number of piperidine rings is 1. The highest BCUT2D eigenvalue weighted by Gasteiger charge is 2.24. The van der Waals surface area contributed by atoms with Gasteiger partial charge in [-0.3, -0.25) is 4.90 Å². The first-order chi connectivity index (χ1) is 10.8. The van der Waals surface area contributed by atoms with Crippen LogP contribution in [0.1, 0.15) is 31.2 Å². The molecule has 2 fully saturated rings. The number of benzene rings is 1. The Labute approximate surface area is 145 Å². The van der Waals surface area contributed by atoms with Crippen LogP contribution in [0.3, 0.4) is 0 Å². The zero-order chi connectivity index (χ0) is 15.4. The maximum absolute atomic E-state index is 5.48. The number of hydrogen-bond acceptors (Lipinski definition) is 4. The molecule has 0 bridgehead atoms. The molecule has 1 saturated heterocycles. The van der Waals surface area contributed by atoms with E-state index in [2.05, 4.69) is 16.3 Å². The van der Waals surface area contributed by atoms with Gasteiger partial charge < -0.3 is 14.8 Å². The molecule has 0 unspecified atom stereocenters. The van der Waals surface area contributed by atoms with Crippen LogP contribution in [-0.2, 0) is 6.54 Å². The predicted molar refractivity (Wildman–Crippen MR) is 95.8 cm³/mol. The van der Waals surface area contributed by atoms with E-state index in [0.29, 0.717) is 6.04 Å². The molecule has 1 aliphatic carbocycles. The van der Waals surface area contributed by atoms with Gasteiger partial charge in [0.25, 0.3) is 0 Å². The van der Waals surface area contributed by atoms with E-state index in [9.17, 15) is 0 Å². The topological polar surface area (TPSA) is 33.7 Å². The fourth-order valence-corrected chi connectivity index (χ4v) is 3.20. The SMILES string of the molecule is COc1ccc(OC)c(CN2CCC(NCC3CC3)CC2)c1.Cl. The smallest absolute Gasteiger partial charge is 0.123 e. The number of methoxy groups -OCH3 is 2. The Morgan fingerprint density at radius 2 is 1.83 bits per heavy atom. The van der Waals surface area contributed by atoms with Crippen LogP contribution in [0.2, 0.25) is 0 Å². The number of nitrogens with one attached hydrogen (secondary N) is 1. The van der Waals surface area contributed by atoms with Crippen molar-refractivity contribution < 1.29 is 9.47 Å². The summed E-state index contributed by atoms with van der Waals surface area (Å²) in [5.41, 5.74) is 1.21. The molecule has 1 aromatic carbocycles. The van der Waals surface area contributed by atoms with Gasteiger partial charge in [0.1, 0.15) is 11.5 Å². The number of nitrogens with zero attached hydrogens (tertiary/aromatic N) is 1. The molecule has 1 N–H and O–H groups in total. The molecule has 1 heterocycles. The predicted octanol–water partition coefficient (Wildman–Crippen LogP) is 3.09. The third-order valence-corrected chi connectivity index (χ3v) is 4.86. The molecule has 23 heavy (non-hydrogen) atoms. The van der Waals surface area contributed by atoms with Crippen LogP contribution in [0.5, 0.6) is 11.5 Å². The minimum Gasteiger partial charge on any atom is -0.497 e. The lowest BCUT2D eigenvalue weighted by Gasteiger charge is -2.32. The van der Waals surface area contributed by atoms with Crippen molar-refractivity contribution in [3.05, 3.63) is 23.8 Å². The van der Waals surface area contributed by atoms with Crippen LogP contribution in [0.25, 0.3) is 0 Å². The van der Waals surface area contributed by atoms with Gasteiger partial charge in [-0.15, -0.1) is 12.4 Å². The molecule has 130 valence electrons. The molecule has 1 aromatic rings. The van der Waals surface area contributed by atoms with E-state index in [1.165, 1.54) is 37.8 Å². The number of halogens is 1. The highest BCUT2D eigenvalue weighted by Crippen LogP contribution is 2.29. The highest BCUT2D eigenvalue weighted by molar-refractivity contribution is 5.85. The van der Waals surface area contributed by atoms with E-state index < -0.39 is 0 Å². The third kappa shape index (κ3) is 5.27. The normalized spacial score (nSPS) is 19.2. The Balaban J connectivity index is 0.00000192. The highest BCUT2D eigenvalue weighted by atomic mass is 35.5. The first kappa shape index (κ1) is 18.4. The Morgan fingerprint density at radius 3 is 2.43 bits per heavy atom. The lowest BCUT2D eigenvalue weighted by atomic mass is 10.0. The summed E-state index contributed by atoms with van der Waals surface area (Å²) in [4.78, 5) is 2.52. The number of ether oxygens (including phenoxy) is 2. The van der Waals surface area contributed by atoms with E-state index in [1.54, 1.807) is 14.2 Å². The van der Waals surface area contributed by atoms with E-state index in [0.717, 1.165) is 37.1 Å². The van der Waals surface area contributed by atoms with Crippen molar-refractivity contribution in [3.63, 3.8) is 0 Å². The molecule has 2 aliphatic rings. The number of rotatable bonds is 7. The van der Waals surface area contributed by atoms with Gasteiger partial charge in [0.2, 0.25) is 0 Å². The fraction of sp³-hybridized carbons (Fsp3) is 0.667. The van der Waals surface area contributed by atoms with Crippen molar-refractivity contribution in [3.8, 4) is 11.5 Å². The lowest BCUT2D eigenvalue weighted by molar-refractivity contribution is 0.188. The van der Waals surface area contributed by atoms with Crippen LogP contribution >= 0.6 is 12.4 Å². The van der Waals surface area contributed by atoms with E-state index in [-0.39, 0.29) is 12.4 Å². The number of hydrogen-bond donors (Lipinski definition) is 1. The average molecular weight is 341 g/mol. The number of likely N-dealkylation sites (tertiary alicyclic amines) is 1. The van der Waals surface area contributed by atoms with Gasteiger partial charge in [0, 0.05) is 18.2 Å². The molecule has 0 atom stereocenters. The van der Waals surface area contributed by atoms with Gasteiger partial charge in [-0.2, -0.15) is 0 Å². The van der Waals surface area contributed by atoms with Gasteiger partial charge >= 0.3 is 0 Å². The summed E-state index contributed by atoms with van der Waals surface area (Å²) in [5.74, 6) is 2.82. The Kier molecular flexibility index (Phi) is 7.00. The largest absolute Gasteiger partial charge is 0.497 e. The maximum atomic E-state index is 5.48. The van der Waals surface area contributed by atoms with Crippen molar-refractivity contribution in [2.24, 2.45) is 5.92 Å². The molecular weight excluding hydrogens is 312 g/mol. The summed E-state index contributed by atoms with van der Waals surface area (Å²) in [7, 11) is 3.45. The molecule has 0 spiro atoms. The maximum Gasteiger partial charge on any atom is 0.123 e. The van der Waals surface area contributed by atoms with Crippen molar-refractivity contribution in [1.29, 1.82) is 0 Å². The average Bonchev–Trinajstić information content (AvgIpc) is 3.38. The zero-order valence-corrected chi connectivity index (χ0v) is 15.0.